The summed E-state index contributed by atoms with van der Waals surface area (Å²) in [6.07, 6.45) is -1.08. The normalized spacial score (nSPS) is 12.0. The average Bonchev–Trinajstić information content (AvgIpc) is 2.49. The van der Waals surface area contributed by atoms with Gasteiger partial charge in [-0.1, -0.05) is 6.07 Å². The van der Waals surface area contributed by atoms with Gasteiger partial charge in [0, 0.05) is 0 Å². The van der Waals surface area contributed by atoms with Crippen molar-refractivity contribution < 1.29 is 14.6 Å². The smallest absolute Gasteiger partial charge is 0.338 e. The van der Waals surface area contributed by atoms with Gasteiger partial charge < -0.3 is 9.84 Å². The second-order valence-electron chi connectivity index (χ2n) is 4.99. The van der Waals surface area contributed by atoms with Gasteiger partial charge >= 0.3 is 5.97 Å². The molecule has 0 aliphatic rings. The van der Waals surface area contributed by atoms with Gasteiger partial charge in [0.2, 0.25) is 0 Å². The standard InChI is InChI=1S/C16H18N2O4/c1-4-22-16(21)11-5-6-12(9(2)7-11)14(19)13-8-10(3)17-18-15(13)20/h5-8,14,19H,4H2,1-3H3,(H,18,20). The largest absolute Gasteiger partial charge is 0.462 e. The summed E-state index contributed by atoms with van der Waals surface area (Å²) in [5.41, 5.74) is 2.06. The summed E-state index contributed by atoms with van der Waals surface area (Å²) >= 11 is 0. The minimum atomic E-state index is -1.08. The molecule has 0 amide bonds. The van der Waals surface area contributed by atoms with E-state index in [-0.39, 0.29) is 5.56 Å². The molecule has 0 aliphatic carbocycles. The molecule has 1 aromatic carbocycles. The number of aliphatic hydroxyl groups excluding tert-OH is 1. The Labute approximate surface area is 127 Å². The van der Waals surface area contributed by atoms with E-state index in [0.29, 0.717) is 29.0 Å². The number of rotatable bonds is 4. The SMILES string of the molecule is CCOC(=O)c1ccc(C(O)c2cc(C)n[nH]c2=O)c(C)c1. The van der Waals surface area contributed by atoms with Crippen LogP contribution in [0.3, 0.4) is 0 Å². The maximum Gasteiger partial charge on any atom is 0.338 e. The first-order chi connectivity index (χ1) is 10.4. The molecule has 0 radical (unpaired) electrons. The Hall–Kier alpha value is -2.47. The number of aromatic nitrogens is 2. The Bertz CT molecular complexity index is 752. The van der Waals surface area contributed by atoms with Gasteiger partial charge in [-0.15, -0.1) is 0 Å². The van der Waals surface area contributed by atoms with Gasteiger partial charge in [0.1, 0.15) is 6.10 Å². The third-order valence-corrected chi connectivity index (χ3v) is 3.33. The molecule has 1 aromatic heterocycles. The van der Waals surface area contributed by atoms with Gasteiger partial charge in [0.15, 0.2) is 0 Å². The lowest BCUT2D eigenvalue weighted by molar-refractivity contribution is 0.0526. The summed E-state index contributed by atoms with van der Waals surface area (Å²) in [5, 5.41) is 16.6. The number of aryl methyl sites for hydroxylation is 2. The molecule has 2 aromatic rings. The summed E-state index contributed by atoms with van der Waals surface area (Å²) in [7, 11) is 0. The van der Waals surface area contributed by atoms with Crippen molar-refractivity contribution in [1.29, 1.82) is 0 Å². The van der Waals surface area contributed by atoms with Crippen LogP contribution in [-0.2, 0) is 4.74 Å². The van der Waals surface area contributed by atoms with Crippen LogP contribution in [0.5, 0.6) is 0 Å². The van der Waals surface area contributed by atoms with Crippen molar-refractivity contribution in [2.75, 3.05) is 6.61 Å². The third-order valence-electron chi connectivity index (χ3n) is 3.33. The number of carbonyl (C=O) groups is 1. The third kappa shape index (κ3) is 3.23. The molecule has 0 saturated heterocycles. The fourth-order valence-corrected chi connectivity index (χ4v) is 2.22. The zero-order valence-corrected chi connectivity index (χ0v) is 12.7. The van der Waals surface area contributed by atoms with Gasteiger partial charge in [-0.05, 0) is 50.1 Å². The number of H-pyrrole nitrogens is 1. The predicted octanol–water partition coefficient (Wildman–Crippen LogP) is 1.65. The minimum absolute atomic E-state index is 0.222. The molecule has 1 unspecified atom stereocenters. The lowest BCUT2D eigenvalue weighted by atomic mass is 9.96. The highest BCUT2D eigenvalue weighted by atomic mass is 16.5. The van der Waals surface area contributed by atoms with E-state index >= 15 is 0 Å². The highest BCUT2D eigenvalue weighted by Gasteiger charge is 2.18. The van der Waals surface area contributed by atoms with Crippen LogP contribution in [0.2, 0.25) is 0 Å². The zero-order valence-electron chi connectivity index (χ0n) is 12.7. The van der Waals surface area contributed by atoms with E-state index in [2.05, 4.69) is 10.2 Å². The number of hydrogen-bond donors (Lipinski definition) is 2. The number of ether oxygens (including phenoxy) is 1. The number of carbonyl (C=O) groups excluding carboxylic acids is 1. The maximum absolute atomic E-state index is 11.8. The van der Waals surface area contributed by atoms with E-state index in [9.17, 15) is 14.7 Å². The fourth-order valence-electron chi connectivity index (χ4n) is 2.22. The first kappa shape index (κ1) is 15.9. The van der Waals surface area contributed by atoms with Gasteiger partial charge in [-0.3, -0.25) is 4.79 Å². The predicted molar refractivity (Wildman–Crippen MR) is 80.8 cm³/mol. The fraction of sp³-hybridized carbons (Fsp3) is 0.312. The molecule has 0 aliphatic heterocycles. The molecule has 0 bridgehead atoms. The maximum atomic E-state index is 11.8. The molecule has 6 heteroatoms. The summed E-state index contributed by atoms with van der Waals surface area (Å²) < 4.78 is 4.94. The molecule has 1 atom stereocenters. The van der Waals surface area contributed by atoms with Crippen molar-refractivity contribution in [2.45, 2.75) is 26.9 Å². The van der Waals surface area contributed by atoms with Crippen LogP contribution in [0.1, 0.15) is 45.8 Å². The summed E-state index contributed by atoms with van der Waals surface area (Å²) in [6.45, 7) is 5.53. The molecule has 0 fully saturated rings. The summed E-state index contributed by atoms with van der Waals surface area (Å²) in [5.74, 6) is -0.413. The monoisotopic (exact) mass is 302 g/mol. The number of nitrogens with zero attached hydrogens (tertiary/aromatic N) is 1. The van der Waals surface area contributed by atoms with E-state index in [0.717, 1.165) is 0 Å². The van der Waals surface area contributed by atoms with Gasteiger partial charge in [0.05, 0.1) is 23.4 Å². The highest BCUT2D eigenvalue weighted by molar-refractivity contribution is 5.89. The van der Waals surface area contributed by atoms with Crippen LogP contribution in [0, 0.1) is 13.8 Å². The van der Waals surface area contributed by atoms with Crippen LogP contribution < -0.4 is 5.56 Å². The van der Waals surface area contributed by atoms with E-state index in [4.69, 9.17) is 4.74 Å². The van der Waals surface area contributed by atoms with Crippen LogP contribution in [0.25, 0.3) is 0 Å². The molecule has 0 saturated carbocycles. The summed E-state index contributed by atoms with van der Waals surface area (Å²) in [4.78, 5) is 23.5. The summed E-state index contributed by atoms with van der Waals surface area (Å²) in [6, 6.07) is 6.38. The molecule has 116 valence electrons. The first-order valence-electron chi connectivity index (χ1n) is 6.96. The number of esters is 1. The first-order valence-corrected chi connectivity index (χ1v) is 6.96. The second kappa shape index (κ2) is 6.53. The Kier molecular flexibility index (Phi) is 4.72. The molecule has 6 nitrogen and oxygen atoms in total. The van der Waals surface area contributed by atoms with Crippen molar-refractivity contribution in [1.82, 2.24) is 10.2 Å². The van der Waals surface area contributed by atoms with Gasteiger partial charge in [-0.25, -0.2) is 9.89 Å². The Morgan fingerprint density at radius 3 is 2.68 bits per heavy atom. The van der Waals surface area contributed by atoms with Crippen molar-refractivity contribution in [2.24, 2.45) is 0 Å². The van der Waals surface area contributed by atoms with Crippen molar-refractivity contribution in [3.63, 3.8) is 0 Å². The number of nitrogens with one attached hydrogen (secondary N) is 1. The van der Waals surface area contributed by atoms with Crippen LogP contribution in [0.15, 0.2) is 29.1 Å². The van der Waals surface area contributed by atoms with E-state index in [1.165, 1.54) is 0 Å². The van der Waals surface area contributed by atoms with Gasteiger partial charge in [0.25, 0.3) is 5.56 Å². The van der Waals surface area contributed by atoms with Crippen molar-refractivity contribution in [3.05, 3.63) is 62.6 Å². The number of benzene rings is 1. The lowest BCUT2D eigenvalue weighted by Gasteiger charge is -2.14. The zero-order chi connectivity index (χ0) is 16.3. The topological polar surface area (TPSA) is 92.3 Å². The number of hydrogen-bond acceptors (Lipinski definition) is 5. The Morgan fingerprint density at radius 2 is 2.05 bits per heavy atom. The molecular formula is C16H18N2O4. The average molecular weight is 302 g/mol. The molecule has 2 rings (SSSR count). The second-order valence-corrected chi connectivity index (χ2v) is 4.99. The number of aliphatic hydroxyl groups is 1. The number of aromatic amines is 1. The Balaban J connectivity index is 2.38. The van der Waals surface area contributed by atoms with E-state index < -0.39 is 17.6 Å². The molecule has 22 heavy (non-hydrogen) atoms. The minimum Gasteiger partial charge on any atom is -0.462 e. The lowest BCUT2D eigenvalue weighted by Crippen LogP contribution is -2.19. The van der Waals surface area contributed by atoms with Crippen LogP contribution in [0.4, 0.5) is 0 Å². The molecular weight excluding hydrogens is 284 g/mol. The van der Waals surface area contributed by atoms with Crippen LogP contribution in [-0.4, -0.2) is 27.9 Å². The van der Waals surface area contributed by atoms with Crippen molar-refractivity contribution in [3.8, 4) is 0 Å². The van der Waals surface area contributed by atoms with E-state index in [1.807, 2.05) is 0 Å². The molecule has 1 heterocycles. The quantitative estimate of drug-likeness (QED) is 0.838. The highest BCUT2D eigenvalue weighted by Crippen LogP contribution is 2.24. The van der Waals surface area contributed by atoms with Crippen LogP contribution >= 0.6 is 0 Å². The van der Waals surface area contributed by atoms with Crippen molar-refractivity contribution >= 4 is 5.97 Å². The van der Waals surface area contributed by atoms with E-state index in [1.54, 1.807) is 45.0 Å². The molecule has 2 N–H and O–H groups in total. The molecule has 0 spiro atoms. The Morgan fingerprint density at radius 1 is 1.32 bits per heavy atom. The van der Waals surface area contributed by atoms with Gasteiger partial charge in [-0.2, -0.15) is 5.10 Å².